The number of carbonyl (C=O) groups excluding carboxylic acids is 2. The van der Waals surface area contributed by atoms with Crippen LogP contribution in [0.15, 0.2) is 0 Å². The summed E-state index contributed by atoms with van der Waals surface area (Å²) in [6, 6.07) is 0. The second-order valence-corrected chi connectivity index (χ2v) is 10.0. The number of morpholine rings is 1. The molecule has 1 fully saturated rings. The van der Waals surface area contributed by atoms with Crippen LogP contribution in [0, 0.1) is 17.8 Å². The summed E-state index contributed by atoms with van der Waals surface area (Å²) in [4.78, 5) is 23.6. The van der Waals surface area contributed by atoms with Gasteiger partial charge in [-0.05, 0) is 24.7 Å². The van der Waals surface area contributed by atoms with E-state index in [-0.39, 0.29) is 50.6 Å². The molecule has 1 heterocycles. The SMILES string of the molecule is CC(C)C.CC(C)CCCOCCNC(=O)C(C)C.[NH-]CCOCCN1CCOC(CNC=O)C1.[Y]. The van der Waals surface area contributed by atoms with E-state index in [9.17, 15) is 9.59 Å². The molecule has 0 aromatic rings. The number of carbonyl (C=O) groups is 2. The Bertz CT molecular complexity index is 482. The molecule has 0 bridgehead atoms. The van der Waals surface area contributed by atoms with Crippen LogP contribution in [-0.4, -0.2) is 95.6 Å². The summed E-state index contributed by atoms with van der Waals surface area (Å²) < 4.78 is 16.2. The normalized spacial score (nSPS) is 15.4. The van der Waals surface area contributed by atoms with Gasteiger partial charge < -0.3 is 30.6 Å². The van der Waals surface area contributed by atoms with E-state index in [0.29, 0.717) is 52.5 Å². The number of ether oxygens (including phenoxy) is 3. The van der Waals surface area contributed by atoms with Gasteiger partial charge in [0, 0.05) is 84.6 Å². The molecular formula is C26H55N4O5Y-. The zero-order valence-electron chi connectivity index (χ0n) is 24.1. The van der Waals surface area contributed by atoms with Crippen LogP contribution >= 0.6 is 0 Å². The molecule has 0 spiro atoms. The van der Waals surface area contributed by atoms with E-state index in [1.165, 1.54) is 6.42 Å². The van der Waals surface area contributed by atoms with Crippen molar-refractivity contribution in [3.63, 3.8) is 0 Å². The van der Waals surface area contributed by atoms with Crippen LogP contribution in [0.3, 0.4) is 0 Å². The van der Waals surface area contributed by atoms with E-state index in [1.807, 2.05) is 13.8 Å². The fourth-order valence-corrected chi connectivity index (χ4v) is 2.80. The predicted molar refractivity (Wildman–Crippen MR) is 144 cm³/mol. The third-order valence-corrected chi connectivity index (χ3v) is 4.59. The quantitative estimate of drug-likeness (QED) is 0.210. The van der Waals surface area contributed by atoms with Gasteiger partial charge in [-0.1, -0.05) is 48.5 Å². The minimum absolute atomic E-state index is 0. The van der Waals surface area contributed by atoms with E-state index < -0.39 is 0 Å². The molecule has 1 rings (SSSR count). The Kier molecular flexibility index (Phi) is 32.9. The molecule has 9 nitrogen and oxygen atoms in total. The number of nitrogens with zero attached hydrogens (tertiary/aromatic N) is 1. The Labute approximate surface area is 246 Å². The summed E-state index contributed by atoms with van der Waals surface area (Å²) in [7, 11) is 0. The minimum Gasteiger partial charge on any atom is -0.676 e. The van der Waals surface area contributed by atoms with Crippen LogP contribution in [0.2, 0.25) is 0 Å². The maximum atomic E-state index is 11.2. The van der Waals surface area contributed by atoms with Gasteiger partial charge in [0.2, 0.25) is 12.3 Å². The number of hydrogen-bond donors (Lipinski definition) is 2. The molecule has 1 unspecified atom stereocenters. The van der Waals surface area contributed by atoms with Gasteiger partial charge >= 0.3 is 0 Å². The van der Waals surface area contributed by atoms with Gasteiger partial charge in [-0.15, -0.1) is 6.54 Å². The van der Waals surface area contributed by atoms with Crippen LogP contribution < -0.4 is 10.6 Å². The molecule has 0 saturated carbocycles. The summed E-state index contributed by atoms with van der Waals surface area (Å²) in [6.45, 7) is 22.1. The molecule has 10 heteroatoms. The molecule has 2 amide bonds. The second kappa shape index (κ2) is 29.4. The Hall–Kier alpha value is -0.156. The van der Waals surface area contributed by atoms with Crippen molar-refractivity contribution in [1.29, 1.82) is 0 Å². The van der Waals surface area contributed by atoms with E-state index in [2.05, 4.69) is 50.2 Å². The van der Waals surface area contributed by atoms with Gasteiger partial charge in [-0.2, -0.15) is 0 Å². The summed E-state index contributed by atoms with van der Waals surface area (Å²) in [5.74, 6) is 1.74. The van der Waals surface area contributed by atoms with Gasteiger partial charge in [0.15, 0.2) is 0 Å². The molecule has 1 radical (unpaired) electrons. The average molecular weight is 593 g/mol. The summed E-state index contributed by atoms with van der Waals surface area (Å²) in [5.41, 5.74) is 6.93. The van der Waals surface area contributed by atoms with Crippen molar-refractivity contribution in [2.45, 2.75) is 67.4 Å². The number of amides is 2. The maximum Gasteiger partial charge on any atom is 0.222 e. The van der Waals surface area contributed by atoms with Gasteiger partial charge in [-0.3, -0.25) is 14.5 Å². The van der Waals surface area contributed by atoms with Crippen molar-refractivity contribution >= 4 is 12.3 Å². The van der Waals surface area contributed by atoms with Gasteiger partial charge in [-0.25, -0.2) is 0 Å². The molecule has 1 aliphatic heterocycles. The fourth-order valence-electron chi connectivity index (χ4n) is 2.80. The van der Waals surface area contributed by atoms with Crippen molar-refractivity contribution in [2.75, 3.05) is 72.3 Å². The smallest absolute Gasteiger partial charge is 0.222 e. The fraction of sp³-hybridized carbons (Fsp3) is 0.923. The summed E-state index contributed by atoms with van der Waals surface area (Å²) in [6.07, 6.45) is 3.09. The Morgan fingerprint density at radius 3 is 2.28 bits per heavy atom. The monoisotopic (exact) mass is 592 g/mol. The Balaban J connectivity index is -0.000000515. The van der Waals surface area contributed by atoms with E-state index in [0.717, 1.165) is 44.5 Å². The largest absolute Gasteiger partial charge is 0.676 e. The topological polar surface area (TPSA) is 113 Å². The van der Waals surface area contributed by atoms with E-state index >= 15 is 0 Å². The molecule has 213 valence electrons. The van der Waals surface area contributed by atoms with Crippen LogP contribution in [0.4, 0.5) is 0 Å². The van der Waals surface area contributed by atoms with Crippen LogP contribution in [-0.2, 0) is 56.5 Å². The molecule has 0 aliphatic carbocycles. The third-order valence-electron chi connectivity index (χ3n) is 4.59. The van der Waals surface area contributed by atoms with Gasteiger partial charge in [0.25, 0.3) is 0 Å². The van der Waals surface area contributed by atoms with E-state index in [4.69, 9.17) is 19.9 Å². The molecule has 1 aliphatic rings. The van der Waals surface area contributed by atoms with Crippen LogP contribution in [0.1, 0.15) is 61.3 Å². The Morgan fingerprint density at radius 1 is 1.08 bits per heavy atom. The third kappa shape index (κ3) is 31.9. The number of hydrogen-bond acceptors (Lipinski definition) is 6. The van der Waals surface area contributed by atoms with Crippen molar-refractivity contribution < 1.29 is 56.5 Å². The Morgan fingerprint density at radius 2 is 1.72 bits per heavy atom. The first-order chi connectivity index (χ1) is 16.6. The van der Waals surface area contributed by atoms with Gasteiger partial charge in [0.05, 0.1) is 25.9 Å². The maximum absolute atomic E-state index is 11.2. The van der Waals surface area contributed by atoms with Crippen LogP contribution in [0.5, 0.6) is 0 Å². The van der Waals surface area contributed by atoms with Gasteiger partial charge in [0.1, 0.15) is 0 Å². The van der Waals surface area contributed by atoms with Crippen molar-refractivity contribution in [3.8, 4) is 0 Å². The van der Waals surface area contributed by atoms with Crippen molar-refractivity contribution in [2.24, 2.45) is 17.8 Å². The van der Waals surface area contributed by atoms with Crippen molar-refractivity contribution in [3.05, 3.63) is 5.73 Å². The second-order valence-electron chi connectivity index (χ2n) is 10.0. The zero-order chi connectivity index (χ0) is 26.9. The van der Waals surface area contributed by atoms with Crippen LogP contribution in [0.25, 0.3) is 5.73 Å². The molecule has 3 N–H and O–H groups in total. The number of rotatable bonds is 16. The first-order valence-electron chi connectivity index (χ1n) is 13.2. The molecule has 0 aromatic heterocycles. The first-order valence-corrected chi connectivity index (χ1v) is 13.2. The molecule has 0 aromatic carbocycles. The standard InChI is InChI=1S/C12H25NO2.C10H20N3O3.C4H10.Y/c1-10(2)6-5-8-15-9-7-13-12(14)11(3)4;11-1-4-15-5-2-13-3-6-16-10(8-13)7-12-9-14;1-4(2)3;/h10-11H,5-9H2,1-4H3,(H,13,14);9-11H,1-8H2,(H,12,14);4H,1-3H3;/q;-1;;. The average Bonchev–Trinajstić information content (AvgIpc) is 2.80. The molecule has 1 saturated heterocycles. The number of nitrogens with one attached hydrogen (secondary N) is 3. The molecule has 36 heavy (non-hydrogen) atoms. The summed E-state index contributed by atoms with van der Waals surface area (Å²) in [5, 5.41) is 5.44. The minimum atomic E-state index is 0. The van der Waals surface area contributed by atoms with Crippen molar-refractivity contribution in [1.82, 2.24) is 15.5 Å². The summed E-state index contributed by atoms with van der Waals surface area (Å²) >= 11 is 0. The first kappa shape index (κ1) is 40.3. The zero-order valence-corrected chi connectivity index (χ0v) is 27.0. The molecular weight excluding hydrogens is 537 g/mol. The molecule has 1 atom stereocenters. The van der Waals surface area contributed by atoms with E-state index in [1.54, 1.807) is 0 Å². The predicted octanol–water partition coefficient (Wildman–Crippen LogP) is 3.37.